The molecule has 1 rings (SSSR count). The van der Waals surface area contributed by atoms with Gasteiger partial charge in [-0.15, -0.1) is 0 Å². The van der Waals surface area contributed by atoms with E-state index in [0.717, 1.165) is 38.2 Å². The third kappa shape index (κ3) is 5.73. The Hall–Kier alpha value is -1.06. The Labute approximate surface area is 98.0 Å². The van der Waals surface area contributed by atoms with E-state index in [1.54, 1.807) is 0 Å². The van der Waals surface area contributed by atoms with Crippen LogP contribution in [0.3, 0.4) is 0 Å². The van der Waals surface area contributed by atoms with Crippen LogP contribution in [-0.4, -0.2) is 26.2 Å². The molecular formula is C13H22N2O. The molecule has 0 saturated carbocycles. The van der Waals surface area contributed by atoms with Crippen LogP contribution < -0.4 is 15.8 Å². The summed E-state index contributed by atoms with van der Waals surface area (Å²) in [5.41, 5.74) is 5.87. The van der Waals surface area contributed by atoms with Crippen molar-refractivity contribution < 1.29 is 4.74 Å². The lowest BCUT2D eigenvalue weighted by Crippen LogP contribution is -2.31. The molecule has 90 valence electrons. The van der Waals surface area contributed by atoms with E-state index >= 15 is 0 Å². The second kappa shape index (κ2) is 8.13. The highest BCUT2D eigenvalue weighted by molar-refractivity contribution is 5.20. The van der Waals surface area contributed by atoms with Crippen LogP contribution in [0.2, 0.25) is 0 Å². The average Bonchev–Trinajstić information content (AvgIpc) is 2.30. The van der Waals surface area contributed by atoms with Crippen LogP contribution in [0.4, 0.5) is 0 Å². The molecule has 3 nitrogen and oxygen atoms in total. The molecule has 0 bridgehead atoms. The molecule has 0 amide bonds. The summed E-state index contributed by atoms with van der Waals surface area (Å²) in [5, 5.41) is 3.08. The maximum absolute atomic E-state index is 5.87. The molecule has 3 N–H and O–H groups in total. The fourth-order valence-electron chi connectivity index (χ4n) is 1.58. The molecule has 0 spiro atoms. The van der Waals surface area contributed by atoms with Crippen LogP contribution >= 0.6 is 0 Å². The topological polar surface area (TPSA) is 47.3 Å². The van der Waals surface area contributed by atoms with E-state index in [1.165, 1.54) is 0 Å². The molecule has 0 fully saturated rings. The number of nitrogens with two attached hydrogens (primary N) is 1. The molecule has 1 atom stereocenters. The predicted octanol–water partition coefficient (Wildman–Crippen LogP) is 1.78. The number of benzene rings is 1. The zero-order valence-electron chi connectivity index (χ0n) is 9.99. The molecule has 0 aliphatic heterocycles. The van der Waals surface area contributed by atoms with Gasteiger partial charge in [-0.3, -0.25) is 0 Å². The van der Waals surface area contributed by atoms with Gasteiger partial charge in [0, 0.05) is 12.6 Å². The van der Waals surface area contributed by atoms with E-state index in [4.69, 9.17) is 10.5 Å². The molecule has 1 aromatic rings. The van der Waals surface area contributed by atoms with E-state index < -0.39 is 0 Å². The average molecular weight is 222 g/mol. The molecular weight excluding hydrogens is 200 g/mol. The fraction of sp³-hybridized carbons (Fsp3) is 0.538. The zero-order valence-corrected chi connectivity index (χ0v) is 9.99. The van der Waals surface area contributed by atoms with Gasteiger partial charge in [0.1, 0.15) is 5.75 Å². The van der Waals surface area contributed by atoms with E-state index in [0.29, 0.717) is 0 Å². The Kier molecular flexibility index (Phi) is 6.61. The third-order valence-corrected chi connectivity index (χ3v) is 2.45. The van der Waals surface area contributed by atoms with Gasteiger partial charge in [0.05, 0.1) is 6.61 Å². The summed E-state index contributed by atoms with van der Waals surface area (Å²) in [5.74, 6) is 0.946. The summed E-state index contributed by atoms with van der Waals surface area (Å²) in [6.07, 6.45) is 3.24. The first-order valence-electron chi connectivity index (χ1n) is 5.91. The number of likely N-dealkylation sites (N-methyl/N-ethyl adjacent to an activating group) is 1. The van der Waals surface area contributed by atoms with Crippen LogP contribution in [0.25, 0.3) is 0 Å². The minimum Gasteiger partial charge on any atom is -0.494 e. The molecule has 0 aromatic heterocycles. The Morgan fingerprint density at radius 1 is 1.25 bits per heavy atom. The Bertz CT molecular complexity index is 264. The molecule has 1 aromatic carbocycles. The van der Waals surface area contributed by atoms with Crippen LogP contribution in [0, 0.1) is 0 Å². The summed E-state index contributed by atoms with van der Waals surface area (Å²) in [6.45, 7) is 1.66. The van der Waals surface area contributed by atoms with Gasteiger partial charge in [-0.2, -0.15) is 0 Å². The van der Waals surface area contributed by atoms with Crippen LogP contribution in [-0.2, 0) is 0 Å². The maximum atomic E-state index is 5.87. The van der Waals surface area contributed by atoms with Gasteiger partial charge in [-0.05, 0) is 38.4 Å². The molecule has 3 heteroatoms. The van der Waals surface area contributed by atoms with Crippen molar-refractivity contribution >= 4 is 0 Å². The number of para-hydroxylation sites is 1. The fourth-order valence-corrected chi connectivity index (χ4v) is 1.58. The third-order valence-electron chi connectivity index (χ3n) is 2.45. The highest BCUT2D eigenvalue weighted by Crippen LogP contribution is 2.09. The lowest BCUT2D eigenvalue weighted by Gasteiger charge is -2.10. The minimum absolute atomic E-state index is 0.265. The van der Waals surface area contributed by atoms with Gasteiger partial charge in [-0.1, -0.05) is 18.2 Å². The molecule has 16 heavy (non-hydrogen) atoms. The second-order valence-electron chi connectivity index (χ2n) is 3.98. The molecule has 0 aliphatic rings. The maximum Gasteiger partial charge on any atom is 0.119 e. The first-order valence-corrected chi connectivity index (χ1v) is 5.91. The number of hydrogen-bond donors (Lipinski definition) is 2. The largest absolute Gasteiger partial charge is 0.494 e. The molecule has 0 saturated heterocycles. The number of rotatable bonds is 8. The van der Waals surface area contributed by atoms with Crippen LogP contribution in [0.15, 0.2) is 30.3 Å². The summed E-state index contributed by atoms with van der Waals surface area (Å²) in [6, 6.07) is 10.2. The normalized spacial score (nSPS) is 12.4. The van der Waals surface area contributed by atoms with E-state index in [1.807, 2.05) is 37.4 Å². The van der Waals surface area contributed by atoms with Gasteiger partial charge < -0.3 is 15.8 Å². The number of nitrogens with one attached hydrogen (secondary N) is 1. The van der Waals surface area contributed by atoms with Crippen molar-refractivity contribution in [3.63, 3.8) is 0 Å². The van der Waals surface area contributed by atoms with Crippen molar-refractivity contribution in [1.29, 1.82) is 0 Å². The number of ether oxygens (including phenoxy) is 1. The molecule has 1 unspecified atom stereocenters. The number of unbranched alkanes of at least 4 members (excludes halogenated alkanes) is 1. The molecule has 0 aliphatic carbocycles. The zero-order chi connectivity index (χ0) is 11.6. The van der Waals surface area contributed by atoms with Crippen molar-refractivity contribution in [3.8, 4) is 5.75 Å². The first-order chi connectivity index (χ1) is 7.83. The SMILES string of the molecule is CNCC(N)CCCCOc1ccccc1. The van der Waals surface area contributed by atoms with Crippen LogP contribution in [0.1, 0.15) is 19.3 Å². The van der Waals surface area contributed by atoms with Gasteiger partial charge in [-0.25, -0.2) is 0 Å². The standard InChI is InChI=1S/C13H22N2O/c1-15-11-12(14)7-5-6-10-16-13-8-3-2-4-9-13/h2-4,8-9,12,15H,5-7,10-11,14H2,1H3. The van der Waals surface area contributed by atoms with Gasteiger partial charge in [0.15, 0.2) is 0 Å². The summed E-state index contributed by atoms with van der Waals surface area (Å²) in [7, 11) is 1.93. The van der Waals surface area contributed by atoms with Crippen molar-refractivity contribution in [2.45, 2.75) is 25.3 Å². The number of hydrogen-bond acceptors (Lipinski definition) is 3. The Morgan fingerprint density at radius 2 is 2.00 bits per heavy atom. The summed E-state index contributed by atoms with van der Waals surface area (Å²) >= 11 is 0. The smallest absolute Gasteiger partial charge is 0.119 e. The first kappa shape index (κ1) is 13.0. The van der Waals surface area contributed by atoms with Crippen molar-refractivity contribution in [2.75, 3.05) is 20.2 Å². The monoisotopic (exact) mass is 222 g/mol. The van der Waals surface area contributed by atoms with Gasteiger partial charge in [0.25, 0.3) is 0 Å². The Morgan fingerprint density at radius 3 is 2.69 bits per heavy atom. The van der Waals surface area contributed by atoms with Crippen molar-refractivity contribution in [3.05, 3.63) is 30.3 Å². The van der Waals surface area contributed by atoms with Crippen molar-refractivity contribution in [2.24, 2.45) is 5.73 Å². The van der Waals surface area contributed by atoms with E-state index in [-0.39, 0.29) is 6.04 Å². The molecule has 0 heterocycles. The highest BCUT2D eigenvalue weighted by Gasteiger charge is 2.00. The second-order valence-corrected chi connectivity index (χ2v) is 3.98. The lowest BCUT2D eigenvalue weighted by atomic mass is 10.1. The van der Waals surface area contributed by atoms with Crippen LogP contribution in [0.5, 0.6) is 5.75 Å². The van der Waals surface area contributed by atoms with E-state index in [9.17, 15) is 0 Å². The summed E-state index contributed by atoms with van der Waals surface area (Å²) in [4.78, 5) is 0. The minimum atomic E-state index is 0.265. The van der Waals surface area contributed by atoms with Gasteiger partial charge in [0.2, 0.25) is 0 Å². The van der Waals surface area contributed by atoms with Gasteiger partial charge >= 0.3 is 0 Å². The summed E-state index contributed by atoms with van der Waals surface area (Å²) < 4.78 is 5.59. The quantitative estimate of drug-likeness (QED) is 0.659. The van der Waals surface area contributed by atoms with E-state index in [2.05, 4.69) is 5.32 Å². The van der Waals surface area contributed by atoms with Crippen molar-refractivity contribution in [1.82, 2.24) is 5.32 Å². The molecule has 0 radical (unpaired) electrons. The highest BCUT2D eigenvalue weighted by atomic mass is 16.5. The predicted molar refractivity (Wildman–Crippen MR) is 67.7 cm³/mol. The Balaban J connectivity index is 2.00. The lowest BCUT2D eigenvalue weighted by molar-refractivity contribution is 0.303.